The number of halogens is 2. The Balaban J connectivity index is 2.13. The molecule has 2 aromatic carbocycles. The number of rotatable bonds is 6. The second-order valence-electron chi connectivity index (χ2n) is 6.01. The van der Waals surface area contributed by atoms with E-state index in [2.05, 4.69) is 10.6 Å². The predicted molar refractivity (Wildman–Crippen MR) is 104 cm³/mol. The van der Waals surface area contributed by atoms with E-state index in [9.17, 15) is 9.59 Å². The Morgan fingerprint density at radius 2 is 1.69 bits per heavy atom. The maximum Gasteiger partial charge on any atom is 0.251 e. The molecule has 0 bridgehead atoms. The number of carbonyl (C=O) groups is 2. The first-order chi connectivity index (χ1) is 12.3. The molecule has 0 fully saturated rings. The van der Waals surface area contributed by atoms with E-state index in [1.54, 1.807) is 49.6 Å². The Labute approximate surface area is 162 Å². The van der Waals surface area contributed by atoms with Gasteiger partial charge in [0.2, 0.25) is 5.91 Å². The molecule has 0 radical (unpaired) electrons. The van der Waals surface area contributed by atoms with E-state index >= 15 is 0 Å². The highest BCUT2D eigenvalue weighted by Crippen LogP contribution is 2.29. The molecule has 26 heavy (non-hydrogen) atoms. The van der Waals surface area contributed by atoms with E-state index in [-0.39, 0.29) is 22.8 Å². The van der Waals surface area contributed by atoms with Gasteiger partial charge in [-0.15, -0.1) is 0 Å². The Morgan fingerprint density at radius 3 is 2.27 bits per heavy atom. The monoisotopic (exact) mass is 394 g/mol. The molecular formula is C19H20Cl2N2O3. The third kappa shape index (κ3) is 4.90. The normalized spacial score (nSPS) is 11.8. The molecule has 1 atom stereocenters. The zero-order chi connectivity index (χ0) is 19.3. The number of anilines is 1. The van der Waals surface area contributed by atoms with Crippen LogP contribution in [0, 0.1) is 5.92 Å². The molecule has 138 valence electrons. The summed E-state index contributed by atoms with van der Waals surface area (Å²) in [6.07, 6.45) is 0. The van der Waals surface area contributed by atoms with Gasteiger partial charge in [-0.25, -0.2) is 0 Å². The van der Waals surface area contributed by atoms with Crippen LogP contribution in [0.2, 0.25) is 10.0 Å². The van der Waals surface area contributed by atoms with Crippen molar-refractivity contribution in [2.24, 2.45) is 5.92 Å². The summed E-state index contributed by atoms with van der Waals surface area (Å²) in [4.78, 5) is 25.1. The van der Waals surface area contributed by atoms with Crippen molar-refractivity contribution in [1.29, 1.82) is 0 Å². The lowest BCUT2D eigenvalue weighted by molar-refractivity contribution is -0.118. The van der Waals surface area contributed by atoms with Crippen LogP contribution in [-0.4, -0.2) is 25.0 Å². The molecule has 0 saturated carbocycles. The Bertz CT molecular complexity index is 792. The fourth-order valence-electron chi connectivity index (χ4n) is 2.31. The molecule has 0 spiro atoms. The molecule has 5 nitrogen and oxygen atoms in total. The quantitative estimate of drug-likeness (QED) is 0.762. The van der Waals surface area contributed by atoms with Gasteiger partial charge in [0.1, 0.15) is 11.8 Å². The van der Waals surface area contributed by atoms with E-state index in [0.29, 0.717) is 22.0 Å². The van der Waals surface area contributed by atoms with Crippen molar-refractivity contribution in [2.45, 2.75) is 19.9 Å². The van der Waals surface area contributed by atoms with Crippen molar-refractivity contribution < 1.29 is 14.3 Å². The van der Waals surface area contributed by atoms with Gasteiger partial charge >= 0.3 is 0 Å². The third-order valence-electron chi connectivity index (χ3n) is 3.80. The molecular weight excluding hydrogens is 375 g/mol. The van der Waals surface area contributed by atoms with Crippen molar-refractivity contribution in [3.05, 3.63) is 58.1 Å². The number of carbonyl (C=O) groups excluding carboxylic acids is 2. The maximum absolute atomic E-state index is 12.6. The molecule has 7 heteroatoms. The lowest BCUT2D eigenvalue weighted by atomic mass is 10.0. The largest absolute Gasteiger partial charge is 0.497 e. The van der Waals surface area contributed by atoms with Gasteiger partial charge in [-0.3, -0.25) is 9.59 Å². The molecule has 0 saturated heterocycles. The zero-order valence-electron chi connectivity index (χ0n) is 14.7. The second kappa shape index (κ2) is 8.92. The maximum atomic E-state index is 12.6. The summed E-state index contributed by atoms with van der Waals surface area (Å²) < 4.78 is 5.07. The summed E-state index contributed by atoms with van der Waals surface area (Å²) in [5.41, 5.74) is 0.832. The molecule has 0 aliphatic heterocycles. The number of methoxy groups -OCH3 is 1. The standard InChI is InChI=1S/C19H20Cl2N2O3/c1-11(2)17(19(25)22-15-6-4-5-14(20)16(15)21)23-18(24)12-7-9-13(26-3)10-8-12/h4-11,17H,1-3H3,(H,22,25)(H,23,24). The highest BCUT2D eigenvalue weighted by Gasteiger charge is 2.25. The smallest absolute Gasteiger partial charge is 0.251 e. The predicted octanol–water partition coefficient (Wildman–Crippen LogP) is 4.40. The average Bonchev–Trinajstić information content (AvgIpc) is 2.63. The van der Waals surface area contributed by atoms with Crippen molar-refractivity contribution in [3.63, 3.8) is 0 Å². The first-order valence-corrected chi connectivity index (χ1v) is 8.79. The van der Waals surface area contributed by atoms with Crippen LogP contribution in [0.15, 0.2) is 42.5 Å². The molecule has 2 amide bonds. The molecule has 0 aliphatic rings. The van der Waals surface area contributed by atoms with E-state index in [1.165, 1.54) is 0 Å². The first-order valence-electron chi connectivity index (χ1n) is 8.03. The third-order valence-corrected chi connectivity index (χ3v) is 4.62. The number of nitrogens with one attached hydrogen (secondary N) is 2. The van der Waals surface area contributed by atoms with Gasteiger partial charge in [0.15, 0.2) is 0 Å². The molecule has 2 N–H and O–H groups in total. The fraction of sp³-hybridized carbons (Fsp3) is 0.263. The van der Waals surface area contributed by atoms with Crippen molar-refractivity contribution in [3.8, 4) is 5.75 Å². The summed E-state index contributed by atoms with van der Waals surface area (Å²) >= 11 is 12.1. The van der Waals surface area contributed by atoms with E-state index in [0.717, 1.165) is 0 Å². The van der Waals surface area contributed by atoms with Gasteiger partial charge < -0.3 is 15.4 Å². The molecule has 1 unspecified atom stereocenters. The van der Waals surface area contributed by atoms with Crippen LogP contribution in [-0.2, 0) is 4.79 Å². The van der Waals surface area contributed by atoms with Crippen LogP contribution in [0.1, 0.15) is 24.2 Å². The molecule has 2 aromatic rings. The fourth-order valence-corrected chi connectivity index (χ4v) is 2.66. The molecule has 0 heterocycles. The van der Waals surface area contributed by atoms with Gasteiger partial charge in [0.25, 0.3) is 5.91 Å². The first kappa shape index (κ1) is 20.1. The SMILES string of the molecule is COc1ccc(C(=O)NC(C(=O)Nc2cccc(Cl)c2Cl)C(C)C)cc1. The highest BCUT2D eigenvalue weighted by atomic mass is 35.5. The lowest BCUT2D eigenvalue weighted by Gasteiger charge is -2.22. The average molecular weight is 395 g/mol. The van der Waals surface area contributed by atoms with E-state index < -0.39 is 6.04 Å². The Hall–Kier alpha value is -2.24. The van der Waals surface area contributed by atoms with Crippen molar-refractivity contribution >= 4 is 40.7 Å². The number of hydrogen-bond acceptors (Lipinski definition) is 3. The van der Waals surface area contributed by atoms with Crippen LogP contribution >= 0.6 is 23.2 Å². The van der Waals surface area contributed by atoms with Gasteiger partial charge in [-0.05, 0) is 42.3 Å². The topological polar surface area (TPSA) is 67.4 Å². The summed E-state index contributed by atoms with van der Waals surface area (Å²) in [7, 11) is 1.55. The van der Waals surface area contributed by atoms with Crippen LogP contribution in [0.3, 0.4) is 0 Å². The number of benzene rings is 2. The second-order valence-corrected chi connectivity index (χ2v) is 6.80. The van der Waals surface area contributed by atoms with Gasteiger partial charge in [-0.1, -0.05) is 43.1 Å². The van der Waals surface area contributed by atoms with Crippen LogP contribution in [0.5, 0.6) is 5.75 Å². The van der Waals surface area contributed by atoms with Gasteiger partial charge in [-0.2, -0.15) is 0 Å². The van der Waals surface area contributed by atoms with Crippen molar-refractivity contribution in [1.82, 2.24) is 5.32 Å². The summed E-state index contributed by atoms with van der Waals surface area (Å²) in [5, 5.41) is 6.07. The highest BCUT2D eigenvalue weighted by molar-refractivity contribution is 6.44. The molecule has 0 aliphatic carbocycles. The van der Waals surface area contributed by atoms with Crippen LogP contribution in [0.25, 0.3) is 0 Å². The summed E-state index contributed by atoms with van der Waals surface area (Å²) in [6, 6.07) is 10.9. The number of hydrogen-bond donors (Lipinski definition) is 2. The zero-order valence-corrected chi connectivity index (χ0v) is 16.2. The van der Waals surface area contributed by atoms with Gasteiger partial charge in [0.05, 0.1) is 22.8 Å². The Kier molecular flexibility index (Phi) is 6.89. The van der Waals surface area contributed by atoms with E-state index in [4.69, 9.17) is 27.9 Å². The number of amides is 2. The molecule has 0 aromatic heterocycles. The van der Waals surface area contributed by atoms with Crippen LogP contribution < -0.4 is 15.4 Å². The minimum absolute atomic E-state index is 0.129. The summed E-state index contributed by atoms with van der Waals surface area (Å²) in [6.45, 7) is 3.69. The van der Waals surface area contributed by atoms with Gasteiger partial charge in [0, 0.05) is 5.56 Å². The minimum atomic E-state index is -0.736. The van der Waals surface area contributed by atoms with E-state index in [1.807, 2.05) is 13.8 Å². The minimum Gasteiger partial charge on any atom is -0.497 e. The molecule has 2 rings (SSSR count). The Morgan fingerprint density at radius 1 is 1.04 bits per heavy atom. The summed E-state index contributed by atoms with van der Waals surface area (Å²) in [5.74, 6) is -0.199. The van der Waals surface area contributed by atoms with Crippen LogP contribution in [0.4, 0.5) is 5.69 Å². The van der Waals surface area contributed by atoms with Crippen molar-refractivity contribution in [2.75, 3.05) is 12.4 Å². The number of ether oxygens (including phenoxy) is 1. The lowest BCUT2D eigenvalue weighted by Crippen LogP contribution is -2.47.